The first-order valence-corrected chi connectivity index (χ1v) is 9.78. The Hall–Kier alpha value is -1.30. The Morgan fingerprint density at radius 1 is 1.12 bits per heavy atom. The number of hydrogen-bond donors (Lipinski definition) is 2. The zero-order chi connectivity index (χ0) is 17.2. The van der Waals surface area contributed by atoms with Crippen LogP contribution in [-0.2, 0) is 4.79 Å². The molecular weight excluding hydrogens is 302 g/mol. The van der Waals surface area contributed by atoms with Crippen LogP contribution < -0.4 is 10.6 Å². The molecule has 2 heterocycles. The number of carbonyl (C=O) groups excluding carboxylic acids is 1. The van der Waals surface area contributed by atoms with Crippen molar-refractivity contribution in [1.82, 2.24) is 20.4 Å². The summed E-state index contributed by atoms with van der Waals surface area (Å²) in [6.07, 6.45) is 6.99. The van der Waals surface area contributed by atoms with Crippen LogP contribution in [0, 0.1) is 0 Å². The van der Waals surface area contributed by atoms with Gasteiger partial charge < -0.3 is 20.4 Å². The maximum atomic E-state index is 11.8. The van der Waals surface area contributed by atoms with Crippen LogP contribution in [0.3, 0.4) is 0 Å². The summed E-state index contributed by atoms with van der Waals surface area (Å²) in [6, 6.07) is 0.316. The Morgan fingerprint density at radius 2 is 1.88 bits per heavy atom. The molecule has 0 aromatic carbocycles. The minimum Gasteiger partial charge on any atom is -0.357 e. The molecule has 2 rings (SSSR count). The first-order chi connectivity index (χ1) is 11.7. The second-order valence-electron chi connectivity index (χ2n) is 6.84. The lowest BCUT2D eigenvalue weighted by Gasteiger charge is -2.20. The fraction of sp³-hybridized carbons (Fsp3) is 0.889. The van der Waals surface area contributed by atoms with Crippen molar-refractivity contribution >= 4 is 11.9 Å². The van der Waals surface area contributed by atoms with Gasteiger partial charge in [-0.15, -0.1) is 0 Å². The summed E-state index contributed by atoms with van der Waals surface area (Å²) in [5.41, 5.74) is 0. The molecule has 138 valence electrons. The van der Waals surface area contributed by atoms with Crippen LogP contribution in [0.2, 0.25) is 0 Å². The van der Waals surface area contributed by atoms with Crippen molar-refractivity contribution in [3.8, 4) is 0 Å². The van der Waals surface area contributed by atoms with E-state index in [0.717, 1.165) is 45.1 Å². The summed E-state index contributed by atoms with van der Waals surface area (Å²) in [5, 5.41) is 6.84. The molecule has 2 aliphatic rings. The van der Waals surface area contributed by atoms with E-state index in [2.05, 4.69) is 22.5 Å². The normalized spacial score (nSPS) is 23.2. The molecule has 24 heavy (non-hydrogen) atoms. The number of nitrogens with zero attached hydrogens (tertiary/aromatic N) is 3. The number of aliphatic imine (C=N–C) groups is 1. The molecule has 0 aromatic rings. The summed E-state index contributed by atoms with van der Waals surface area (Å²) in [5.74, 6) is 1.14. The van der Waals surface area contributed by atoms with Crippen LogP contribution in [0.15, 0.2) is 4.99 Å². The molecule has 2 fully saturated rings. The fourth-order valence-corrected chi connectivity index (χ4v) is 3.50. The van der Waals surface area contributed by atoms with Crippen LogP contribution in [-0.4, -0.2) is 73.5 Å². The molecule has 6 nitrogen and oxygen atoms in total. The summed E-state index contributed by atoms with van der Waals surface area (Å²) in [4.78, 5) is 21.0. The van der Waals surface area contributed by atoms with E-state index in [1.165, 1.54) is 38.8 Å². The molecule has 0 saturated carbocycles. The zero-order valence-electron chi connectivity index (χ0n) is 15.5. The molecule has 1 amide bonds. The van der Waals surface area contributed by atoms with Gasteiger partial charge in [0.25, 0.3) is 0 Å². The van der Waals surface area contributed by atoms with Gasteiger partial charge in [-0.25, -0.2) is 0 Å². The average Bonchev–Trinajstić information content (AvgIpc) is 2.89. The van der Waals surface area contributed by atoms with Gasteiger partial charge in [0, 0.05) is 38.6 Å². The number of amides is 1. The number of likely N-dealkylation sites (tertiary alicyclic amines) is 2. The Morgan fingerprint density at radius 3 is 2.54 bits per heavy atom. The van der Waals surface area contributed by atoms with Crippen molar-refractivity contribution in [2.45, 2.75) is 58.4 Å². The van der Waals surface area contributed by atoms with Crippen LogP contribution >= 0.6 is 0 Å². The molecule has 2 N–H and O–H groups in total. The van der Waals surface area contributed by atoms with Crippen molar-refractivity contribution in [1.29, 1.82) is 0 Å². The molecule has 2 aliphatic heterocycles. The number of nitrogens with one attached hydrogen (secondary N) is 2. The first kappa shape index (κ1) is 19.0. The quantitative estimate of drug-likeness (QED) is 0.569. The number of guanidine groups is 1. The van der Waals surface area contributed by atoms with Crippen molar-refractivity contribution in [2.24, 2.45) is 4.99 Å². The van der Waals surface area contributed by atoms with Gasteiger partial charge in [0.05, 0.1) is 6.54 Å². The first-order valence-electron chi connectivity index (χ1n) is 9.78. The maximum absolute atomic E-state index is 11.8. The highest BCUT2D eigenvalue weighted by molar-refractivity contribution is 5.80. The summed E-state index contributed by atoms with van der Waals surface area (Å²) < 4.78 is 0. The monoisotopic (exact) mass is 337 g/mol. The van der Waals surface area contributed by atoms with Gasteiger partial charge in [0.15, 0.2) is 5.96 Å². The van der Waals surface area contributed by atoms with Gasteiger partial charge in [-0.3, -0.25) is 9.79 Å². The van der Waals surface area contributed by atoms with Gasteiger partial charge in [0.2, 0.25) is 5.91 Å². The number of hydrogen-bond acceptors (Lipinski definition) is 3. The van der Waals surface area contributed by atoms with E-state index in [4.69, 9.17) is 4.99 Å². The van der Waals surface area contributed by atoms with Crippen LogP contribution in [0.1, 0.15) is 52.4 Å². The molecule has 1 unspecified atom stereocenters. The third kappa shape index (κ3) is 6.30. The van der Waals surface area contributed by atoms with Gasteiger partial charge in [0.1, 0.15) is 0 Å². The Bertz CT molecular complexity index is 404. The molecule has 0 bridgehead atoms. The second-order valence-corrected chi connectivity index (χ2v) is 6.84. The number of rotatable bonds is 6. The molecule has 0 aromatic heterocycles. The van der Waals surface area contributed by atoms with Crippen molar-refractivity contribution in [3.63, 3.8) is 0 Å². The van der Waals surface area contributed by atoms with Crippen molar-refractivity contribution < 1.29 is 4.79 Å². The van der Waals surface area contributed by atoms with E-state index in [9.17, 15) is 4.79 Å². The molecule has 1 atom stereocenters. The van der Waals surface area contributed by atoms with E-state index in [1.807, 2.05) is 11.8 Å². The zero-order valence-corrected chi connectivity index (χ0v) is 15.5. The summed E-state index contributed by atoms with van der Waals surface area (Å²) >= 11 is 0. The van der Waals surface area contributed by atoms with Gasteiger partial charge in [-0.1, -0.05) is 19.8 Å². The smallest absolute Gasteiger partial charge is 0.222 e. The topological polar surface area (TPSA) is 60.0 Å². The molecule has 0 radical (unpaired) electrons. The lowest BCUT2D eigenvalue weighted by atomic mass is 10.2. The molecular formula is C18H35N5O. The highest BCUT2D eigenvalue weighted by atomic mass is 16.2. The summed E-state index contributed by atoms with van der Waals surface area (Å²) in [6.45, 7) is 10.8. The Kier molecular flexibility index (Phi) is 8.36. The summed E-state index contributed by atoms with van der Waals surface area (Å²) in [7, 11) is 0. The largest absolute Gasteiger partial charge is 0.357 e. The molecule has 0 spiro atoms. The van der Waals surface area contributed by atoms with E-state index in [0.29, 0.717) is 12.5 Å². The highest BCUT2D eigenvalue weighted by Crippen LogP contribution is 2.11. The van der Waals surface area contributed by atoms with E-state index >= 15 is 0 Å². The molecule has 6 heteroatoms. The van der Waals surface area contributed by atoms with Gasteiger partial charge in [-0.2, -0.15) is 0 Å². The highest BCUT2D eigenvalue weighted by Gasteiger charge is 2.25. The minimum atomic E-state index is 0.252. The third-order valence-electron chi connectivity index (χ3n) is 4.91. The molecule has 2 saturated heterocycles. The van der Waals surface area contributed by atoms with Crippen LogP contribution in [0.4, 0.5) is 0 Å². The lowest BCUT2D eigenvalue weighted by molar-refractivity contribution is -0.129. The van der Waals surface area contributed by atoms with E-state index in [-0.39, 0.29) is 5.91 Å². The van der Waals surface area contributed by atoms with Crippen LogP contribution in [0.5, 0.6) is 0 Å². The predicted octanol–water partition coefficient (Wildman–Crippen LogP) is 1.43. The van der Waals surface area contributed by atoms with Crippen molar-refractivity contribution in [3.05, 3.63) is 0 Å². The van der Waals surface area contributed by atoms with Gasteiger partial charge >= 0.3 is 0 Å². The van der Waals surface area contributed by atoms with E-state index < -0.39 is 0 Å². The predicted molar refractivity (Wildman–Crippen MR) is 99.3 cm³/mol. The lowest BCUT2D eigenvalue weighted by Crippen LogP contribution is -2.45. The minimum absolute atomic E-state index is 0.252. The van der Waals surface area contributed by atoms with Gasteiger partial charge in [-0.05, 0) is 39.3 Å². The third-order valence-corrected chi connectivity index (χ3v) is 4.91. The molecule has 0 aliphatic carbocycles. The van der Waals surface area contributed by atoms with Crippen molar-refractivity contribution in [2.75, 3.05) is 45.8 Å². The van der Waals surface area contributed by atoms with E-state index in [1.54, 1.807) is 0 Å². The average molecular weight is 338 g/mol. The second kappa shape index (κ2) is 10.5. The van der Waals surface area contributed by atoms with Crippen LogP contribution in [0.25, 0.3) is 0 Å². The SMILES string of the molecule is CCNC(=NCCN1CCCCCC1)NC1CCN(C(=O)CC)C1. The standard InChI is InChI=1S/C18H35N5O/c1-3-17(24)23-13-9-16(15-23)21-18(19-4-2)20-10-14-22-11-7-5-6-8-12-22/h16H,3-15H2,1-2H3,(H2,19,20,21). The number of carbonyl (C=O) groups is 1. The fourth-order valence-electron chi connectivity index (χ4n) is 3.50. The Balaban J connectivity index is 1.77. The maximum Gasteiger partial charge on any atom is 0.222 e. The Labute approximate surface area is 147 Å².